The first-order chi connectivity index (χ1) is 9.70. The molecule has 2 heterocycles. The normalized spacial score (nSPS) is 15.5. The summed E-state index contributed by atoms with van der Waals surface area (Å²) in [5.74, 6) is 3.29. The van der Waals surface area contributed by atoms with Crippen molar-refractivity contribution in [2.45, 2.75) is 32.1 Å². The summed E-state index contributed by atoms with van der Waals surface area (Å²) >= 11 is 1.64. The molecule has 1 aliphatic rings. The number of nitrogens with one attached hydrogen (secondary N) is 2. The van der Waals surface area contributed by atoms with Crippen molar-refractivity contribution >= 4 is 36.0 Å². The highest BCUT2D eigenvalue weighted by atomic mass is 35.5. The van der Waals surface area contributed by atoms with Crippen LogP contribution in [0, 0.1) is 0 Å². The minimum absolute atomic E-state index is 0. The van der Waals surface area contributed by atoms with E-state index in [2.05, 4.69) is 27.6 Å². The Hall–Kier alpha value is -0.790. The van der Waals surface area contributed by atoms with Crippen molar-refractivity contribution in [1.29, 1.82) is 0 Å². The summed E-state index contributed by atoms with van der Waals surface area (Å²) in [5, 5.41) is 10.6. The molecule has 0 saturated carbocycles. The van der Waals surface area contributed by atoms with E-state index < -0.39 is 0 Å². The molecule has 21 heavy (non-hydrogen) atoms. The second kappa shape index (κ2) is 9.27. The van der Waals surface area contributed by atoms with E-state index in [1.165, 1.54) is 0 Å². The lowest BCUT2D eigenvalue weighted by Crippen LogP contribution is -2.27. The molecule has 120 valence electrons. The molecule has 0 aliphatic carbocycles. The second-order valence-electron chi connectivity index (χ2n) is 5.04. The summed E-state index contributed by atoms with van der Waals surface area (Å²) in [5.41, 5.74) is 0. The molecule has 1 fully saturated rings. The number of aromatic nitrogens is 3. The number of carbonyl (C=O) groups is 1. The van der Waals surface area contributed by atoms with Crippen molar-refractivity contribution in [2.75, 3.05) is 29.9 Å². The number of anilines is 1. The van der Waals surface area contributed by atoms with E-state index in [0.717, 1.165) is 43.9 Å². The number of carbonyl (C=O) groups excluding carboxylic acids is 1. The van der Waals surface area contributed by atoms with Gasteiger partial charge in [-0.05, 0) is 38.1 Å². The fourth-order valence-electron chi connectivity index (χ4n) is 2.24. The molecule has 0 atom stereocenters. The third-order valence-electron chi connectivity index (χ3n) is 3.32. The topological polar surface area (TPSA) is 71.8 Å². The summed E-state index contributed by atoms with van der Waals surface area (Å²) in [7, 11) is 1.83. The van der Waals surface area contributed by atoms with Crippen molar-refractivity contribution in [2.24, 2.45) is 7.05 Å². The monoisotopic (exact) mass is 333 g/mol. The molecule has 1 amide bonds. The van der Waals surface area contributed by atoms with Crippen LogP contribution < -0.4 is 10.6 Å². The van der Waals surface area contributed by atoms with Gasteiger partial charge in [-0.1, -0.05) is 6.92 Å². The zero-order chi connectivity index (χ0) is 14.4. The third-order valence-corrected chi connectivity index (χ3v) is 4.48. The molecular formula is C13H24ClN5OS. The standard InChI is InChI=1S/C13H23N5OS.ClH/c1-3-8-20-9-11(19)15-13-16-12(17-18(13)2)10-4-6-14-7-5-10;/h10,14H,3-9H2,1-2H3,(H,15,16,17,19);1H. The Kier molecular flexibility index (Phi) is 8.06. The van der Waals surface area contributed by atoms with Crippen LogP contribution in [0.5, 0.6) is 0 Å². The lowest BCUT2D eigenvalue weighted by Gasteiger charge is -2.19. The fraction of sp³-hybridized carbons (Fsp3) is 0.769. The number of amides is 1. The van der Waals surface area contributed by atoms with Gasteiger partial charge in [-0.15, -0.1) is 12.4 Å². The number of aryl methyl sites for hydroxylation is 1. The minimum atomic E-state index is -0.00388. The van der Waals surface area contributed by atoms with Gasteiger partial charge in [0.1, 0.15) is 0 Å². The Labute approximate surface area is 136 Å². The van der Waals surface area contributed by atoms with Crippen LogP contribution in [0.2, 0.25) is 0 Å². The molecule has 6 nitrogen and oxygen atoms in total. The Morgan fingerprint density at radius 2 is 2.19 bits per heavy atom. The molecule has 8 heteroatoms. The van der Waals surface area contributed by atoms with Crippen LogP contribution in [0.3, 0.4) is 0 Å². The molecule has 1 aromatic heterocycles. The lowest BCUT2D eigenvalue weighted by molar-refractivity contribution is -0.113. The van der Waals surface area contributed by atoms with Crippen LogP contribution in [0.1, 0.15) is 37.9 Å². The molecule has 0 aromatic carbocycles. The third kappa shape index (κ3) is 5.48. The maximum Gasteiger partial charge on any atom is 0.236 e. The van der Waals surface area contributed by atoms with Gasteiger partial charge in [-0.25, -0.2) is 4.68 Å². The van der Waals surface area contributed by atoms with E-state index in [1.54, 1.807) is 16.4 Å². The summed E-state index contributed by atoms with van der Waals surface area (Å²) in [6.07, 6.45) is 3.20. The maximum absolute atomic E-state index is 11.8. The van der Waals surface area contributed by atoms with Crippen LogP contribution in [-0.4, -0.2) is 45.3 Å². The molecule has 0 bridgehead atoms. The van der Waals surface area contributed by atoms with Gasteiger partial charge in [0.2, 0.25) is 11.9 Å². The average molecular weight is 334 g/mol. The Morgan fingerprint density at radius 1 is 1.48 bits per heavy atom. The fourth-order valence-corrected chi connectivity index (χ4v) is 2.93. The number of hydrogen-bond acceptors (Lipinski definition) is 5. The zero-order valence-corrected chi connectivity index (χ0v) is 14.2. The summed E-state index contributed by atoms with van der Waals surface area (Å²) in [6, 6.07) is 0. The van der Waals surface area contributed by atoms with Gasteiger partial charge < -0.3 is 5.32 Å². The quantitative estimate of drug-likeness (QED) is 0.776. The zero-order valence-electron chi connectivity index (χ0n) is 12.6. The van der Waals surface area contributed by atoms with Gasteiger partial charge in [0.25, 0.3) is 0 Å². The van der Waals surface area contributed by atoms with E-state index in [4.69, 9.17) is 0 Å². The van der Waals surface area contributed by atoms with Gasteiger partial charge in [0.15, 0.2) is 5.82 Å². The molecule has 2 N–H and O–H groups in total. The molecule has 2 rings (SSSR count). The van der Waals surface area contributed by atoms with Gasteiger partial charge in [-0.2, -0.15) is 21.8 Å². The summed E-state index contributed by atoms with van der Waals surface area (Å²) < 4.78 is 1.67. The molecule has 0 spiro atoms. The summed E-state index contributed by atoms with van der Waals surface area (Å²) in [6.45, 7) is 4.13. The number of halogens is 1. The highest BCUT2D eigenvalue weighted by Gasteiger charge is 2.21. The van der Waals surface area contributed by atoms with Gasteiger partial charge in [-0.3, -0.25) is 10.1 Å². The molecule has 1 saturated heterocycles. The van der Waals surface area contributed by atoms with E-state index >= 15 is 0 Å². The predicted molar refractivity (Wildman–Crippen MR) is 89.3 cm³/mol. The van der Waals surface area contributed by atoms with Crippen molar-refractivity contribution in [3.8, 4) is 0 Å². The molecule has 1 aliphatic heterocycles. The van der Waals surface area contributed by atoms with Crippen LogP contribution in [0.4, 0.5) is 5.95 Å². The van der Waals surface area contributed by atoms with Crippen molar-refractivity contribution in [3.05, 3.63) is 5.82 Å². The van der Waals surface area contributed by atoms with Crippen molar-refractivity contribution in [3.63, 3.8) is 0 Å². The smallest absolute Gasteiger partial charge is 0.236 e. The predicted octanol–water partition coefficient (Wildman–Crippen LogP) is 1.79. The Balaban J connectivity index is 0.00000220. The van der Waals surface area contributed by atoms with Crippen LogP contribution in [-0.2, 0) is 11.8 Å². The maximum atomic E-state index is 11.8. The molecule has 0 radical (unpaired) electrons. The van der Waals surface area contributed by atoms with E-state index in [1.807, 2.05) is 7.05 Å². The number of thioether (sulfide) groups is 1. The number of hydrogen-bond donors (Lipinski definition) is 2. The molecular weight excluding hydrogens is 310 g/mol. The van der Waals surface area contributed by atoms with Crippen molar-refractivity contribution in [1.82, 2.24) is 20.1 Å². The van der Waals surface area contributed by atoms with Crippen LogP contribution in [0.25, 0.3) is 0 Å². The van der Waals surface area contributed by atoms with Gasteiger partial charge in [0.05, 0.1) is 5.75 Å². The number of nitrogens with zero attached hydrogens (tertiary/aromatic N) is 3. The number of piperidine rings is 1. The molecule has 0 unspecified atom stereocenters. The highest BCUT2D eigenvalue weighted by molar-refractivity contribution is 7.99. The van der Waals surface area contributed by atoms with E-state index in [0.29, 0.717) is 17.6 Å². The van der Waals surface area contributed by atoms with E-state index in [9.17, 15) is 4.79 Å². The second-order valence-corrected chi connectivity index (χ2v) is 6.15. The largest absolute Gasteiger partial charge is 0.317 e. The first-order valence-electron chi connectivity index (χ1n) is 7.20. The minimum Gasteiger partial charge on any atom is -0.317 e. The van der Waals surface area contributed by atoms with Crippen molar-refractivity contribution < 1.29 is 4.79 Å². The lowest BCUT2D eigenvalue weighted by atomic mass is 9.98. The van der Waals surface area contributed by atoms with Gasteiger partial charge >= 0.3 is 0 Å². The van der Waals surface area contributed by atoms with Crippen LogP contribution in [0.15, 0.2) is 0 Å². The average Bonchev–Trinajstić information content (AvgIpc) is 2.81. The first-order valence-corrected chi connectivity index (χ1v) is 8.35. The highest BCUT2D eigenvalue weighted by Crippen LogP contribution is 2.23. The Morgan fingerprint density at radius 3 is 2.86 bits per heavy atom. The SMILES string of the molecule is CCCSCC(=O)Nc1nc(C2CCNCC2)nn1C.Cl. The first kappa shape index (κ1) is 18.3. The van der Waals surface area contributed by atoms with Crippen LogP contribution >= 0.6 is 24.2 Å². The Bertz CT molecular complexity index is 448. The van der Waals surface area contributed by atoms with E-state index in [-0.39, 0.29) is 18.3 Å². The molecule has 1 aromatic rings. The van der Waals surface area contributed by atoms with Gasteiger partial charge in [0, 0.05) is 13.0 Å². The summed E-state index contributed by atoms with van der Waals surface area (Å²) in [4.78, 5) is 16.3. The number of rotatable bonds is 6.